The first-order chi connectivity index (χ1) is 8.79. The van der Waals surface area contributed by atoms with Crippen LogP contribution in [0.3, 0.4) is 0 Å². The summed E-state index contributed by atoms with van der Waals surface area (Å²) in [5, 5.41) is 8.51. The van der Waals surface area contributed by atoms with Crippen molar-refractivity contribution in [3.05, 3.63) is 33.1 Å². The molecule has 2 aromatic rings. The van der Waals surface area contributed by atoms with Crippen LogP contribution in [0.25, 0.3) is 0 Å². The normalized spacial score (nSPS) is 10.3. The van der Waals surface area contributed by atoms with Gasteiger partial charge in [0.1, 0.15) is 5.82 Å². The fraction of sp³-hybridized carbons (Fsp3) is 0.333. The zero-order valence-corrected chi connectivity index (χ0v) is 12.5. The molecule has 0 saturated heterocycles. The summed E-state index contributed by atoms with van der Waals surface area (Å²) < 4.78 is 0.885. The highest BCUT2D eigenvalue weighted by molar-refractivity contribution is 9.10. The van der Waals surface area contributed by atoms with Crippen LogP contribution in [0.2, 0.25) is 0 Å². The molecule has 96 valence electrons. The first kappa shape index (κ1) is 13.3. The van der Waals surface area contributed by atoms with Crippen molar-refractivity contribution >= 4 is 39.0 Å². The SMILES string of the molecule is CCNc1ncc(Br)c(NCCc2cccs2)n1. The summed E-state index contributed by atoms with van der Waals surface area (Å²) in [6.07, 6.45) is 2.77. The van der Waals surface area contributed by atoms with Crippen LogP contribution in [0.4, 0.5) is 11.8 Å². The molecule has 0 aromatic carbocycles. The Balaban J connectivity index is 1.93. The molecule has 0 radical (unpaired) electrons. The van der Waals surface area contributed by atoms with Crippen molar-refractivity contribution in [3.63, 3.8) is 0 Å². The Morgan fingerprint density at radius 1 is 1.39 bits per heavy atom. The van der Waals surface area contributed by atoms with Crippen LogP contribution >= 0.6 is 27.3 Å². The van der Waals surface area contributed by atoms with Crippen molar-refractivity contribution in [2.45, 2.75) is 13.3 Å². The monoisotopic (exact) mass is 326 g/mol. The molecular weight excluding hydrogens is 312 g/mol. The smallest absolute Gasteiger partial charge is 0.224 e. The number of nitrogens with zero attached hydrogens (tertiary/aromatic N) is 2. The Labute approximate surface area is 119 Å². The van der Waals surface area contributed by atoms with Gasteiger partial charge >= 0.3 is 0 Å². The molecule has 2 aromatic heterocycles. The van der Waals surface area contributed by atoms with E-state index in [2.05, 4.69) is 54.0 Å². The van der Waals surface area contributed by atoms with Crippen LogP contribution in [0.5, 0.6) is 0 Å². The summed E-state index contributed by atoms with van der Waals surface area (Å²) in [4.78, 5) is 9.96. The minimum atomic E-state index is 0.652. The van der Waals surface area contributed by atoms with Gasteiger partial charge in [-0.2, -0.15) is 4.98 Å². The van der Waals surface area contributed by atoms with Crippen LogP contribution in [0.15, 0.2) is 28.2 Å². The number of halogens is 1. The van der Waals surface area contributed by atoms with E-state index in [1.54, 1.807) is 17.5 Å². The van der Waals surface area contributed by atoms with Gasteiger partial charge in [0.05, 0.1) is 4.47 Å². The van der Waals surface area contributed by atoms with Crippen molar-refractivity contribution in [3.8, 4) is 0 Å². The summed E-state index contributed by atoms with van der Waals surface area (Å²) in [7, 11) is 0. The Morgan fingerprint density at radius 2 is 2.28 bits per heavy atom. The third-order valence-corrected chi connectivity index (χ3v) is 3.84. The second-order valence-electron chi connectivity index (χ2n) is 3.68. The van der Waals surface area contributed by atoms with E-state index in [-0.39, 0.29) is 0 Å². The lowest BCUT2D eigenvalue weighted by Crippen LogP contribution is -2.09. The van der Waals surface area contributed by atoms with Gasteiger partial charge in [0, 0.05) is 24.2 Å². The molecule has 4 nitrogen and oxygen atoms in total. The molecule has 0 unspecified atom stereocenters. The van der Waals surface area contributed by atoms with Crippen molar-refractivity contribution in [2.75, 3.05) is 23.7 Å². The molecule has 6 heteroatoms. The highest BCUT2D eigenvalue weighted by Crippen LogP contribution is 2.20. The highest BCUT2D eigenvalue weighted by Gasteiger charge is 2.04. The molecule has 2 heterocycles. The Bertz CT molecular complexity index is 487. The lowest BCUT2D eigenvalue weighted by molar-refractivity contribution is 1.01. The van der Waals surface area contributed by atoms with Crippen LogP contribution in [-0.2, 0) is 6.42 Å². The number of aromatic nitrogens is 2. The number of hydrogen-bond donors (Lipinski definition) is 2. The van der Waals surface area contributed by atoms with Crippen LogP contribution in [-0.4, -0.2) is 23.1 Å². The van der Waals surface area contributed by atoms with E-state index in [0.717, 1.165) is 29.8 Å². The lowest BCUT2D eigenvalue weighted by atomic mass is 10.3. The second-order valence-corrected chi connectivity index (χ2v) is 5.56. The number of thiophene rings is 1. The van der Waals surface area contributed by atoms with E-state index in [4.69, 9.17) is 0 Å². The largest absolute Gasteiger partial charge is 0.369 e. The molecule has 2 N–H and O–H groups in total. The first-order valence-corrected chi connectivity index (χ1v) is 7.49. The molecule has 0 saturated carbocycles. The van der Waals surface area contributed by atoms with E-state index in [0.29, 0.717) is 5.95 Å². The summed E-state index contributed by atoms with van der Waals surface area (Å²) in [6.45, 7) is 3.70. The quantitative estimate of drug-likeness (QED) is 0.854. The Hall–Kier alpha value is -1.14. The molecular formula is C12H15BrN4S. The number of anilines is 2. The Kier molecular flexibility index (Phi) is 4.95. The topological polar surface area (TPSA) is 49.8 Å². The summed E-state index contributed by atoms with van der Waals surface area (Å²) in [6, 6.07) is 4.22. The first-order valence-electron chi connectivity index (χ1n) is 5.82. The molecule has 0 fully saturated rings. The third-order valence-electron chi connectivity index (χ3n) is 2.32. The summed E-state index contributed by atoms with van der Waals surface area (Å²) in [5.41, 5.74) is 0. The second kappa shape index (κ2) is 6.70. The van der Waals surface area contributed by atoms with Gasteiger partial charge in [-0.3, -0.25) is 0 Å². The molecule has 0 atom stereocenters. The maximum atomic E-state index is 4.40. The van der Waals surface area contributed by atoms with E-state index < -0.39 is 0 Å². The molecule has 0 aliphatic carbocycles. The number of rotatable bonds is 6. The zero-order chi connectivity index (χ0) is 12.8. The van der Waals surface area contributed by atoms with Gasteiger partial charge in [-0.05, 0) is 40.7 Å². The summed E-state index contributed by atoms with van der Waals surface area (Å²) in [5.74, 6) is 1.48. The lowest BCUT2D eigenvalue weighted by Gasteiger charge is -2.08. The van der Waals surface area contributed by atoms with E-state index in [9.17, 15) is 0 Å². The fourth-order valence-corrected chi connectivity index (χ4v) is 2.53. The standard InChI is InChI=1S/C12H15BrN4S/c1-2-14-12-16-8-10(13)11(17-12)15-6-5-9-4-3-7-18-9/h3-4,7-8H,2,5-6H2,1H3,(H2,14,15,16,17). The third kappa shape index (κ3) is 3.68. The van der Waals surface area contributed by atoms with Gasteiger partial charge in [-0.25, -0.2) is 4.98 Å². The molecule has 0 bridgehead atoms. The molecule has 18 heavy (non-hydrogen) atoms. The molecule has 0 amide bonds. The van der Waals surface area contributed by atoms with Crippen molar-refractivity contribution < 1.29 is 0 Å². The van der Waals surface area contributed by atoms with Gasteiger partial charge in [0.15, 0.2) is 0 Å². The number of hydrogen-bond acceptors (Lipinski definition) is 5. The minimum absolute atomic E-state index is 0.652. The molecule has 2 rings (SSSR count). The predicted octanol–water partition coefficient (Wildman–Crippen LogP) is 3.39. The van der Waals surface area contributed by atoms with Crippen molar-refractivity contribution in [1.82, 2.24) is 9.97 Å². The molecule has 0 aliphatic rings. The van der Waals surface area contributed by atoms with Crippen LogP contribution in [0, 0.1) is 0 Å². The van der Waals surface area contributed by atoms with Crippen molar-refractivity contribution in [2.24, 2.45) is 0 Å². The van der Waals surface area contributed by atoms with Crippen molar-refractivity contribution in [1.29, 1.82) is 0 Å². The maximum Gasteiger partial charge on any atom is 0.224 e. The van der Waals surface area contributed by atoms with Crippen LogP contribution in [0.1, 0.15) is 11.8 Å². The minimum Gasteiger partial charge on any atom is -0.369 e. The van der Waals surface area contributed by atoms with Gasteiger partial charge in [0.25, 0.3) is 0 Å². The highest BCUT2D eigenvalue weighted by atomic mass is 79.9. The Morgan fingerprint density at radius 3 is 3.00 bits per heavy atom. The van der Waals surface area contributed by atoms with Gasteiger partial charge in [-0.15, -0.1) is 11.3 Å². The van der Waals surface area contributed by atoms with E-state index >= 15 is 0 Å². The average Bonchev–Trinajstić information content (AvgIpc) is 2.86. The molecule has 0 spiro atoms. The maximum absolute atomic E-state index is 4.40. The van der Waals surface area contributed by atoms with Gasteiger partial charge < -0.3 is 10.6 Å². The molecule has 0 aliphatic heterocycles. The van der Waals surface area contributed by atoms with Gasteiger partial charge in [0.2, 0.25) is 5.95 Å². The van der Waals surface area contributed by atoms with E-state index in [1.807, 2.05) is 6.92 Å². The van der Waals surface area contributed by atoms with Gasteiger partial charge in [-0.1, -0.05) is 6.07 Å². The summed E-state index contributed by atoms with van der Waals surface area (Å²) >= 11 is 5.22. The predicted molar refractivity (Wildman–Crippen MR) is 80.4 cm³/mol. The average molecular weight is 327 g/mol. The fourth-order valence-electron chi connectivity index (χ4n) is 1.49. The van der Waals surface area contributed by atoms with Crippen LogP contribution < -0.4 is 10.6 Å². The zero-order valence-electron chi connectivity index (χ0n) is 10.1. The van der Waals surface area contributed by atoms with E-state index in [1.165, 1.54) is 4.88 Å². The number of nitrogens with one attached hydrogen (secondary N) is 2.